The molecule has 1 N–H and O–H groups in total. The standard InChI is InChI=1S/C22H20ClNO6/c1-11(25)10-24-19(12-4-6-16(28-2)17(8-12)29-3)18-20(26)14-9-13(23)5-7-15(14)30-21(18)22(24)27/h4-9,11,19,25H,10H2,1-3H3. The SMILES string of the molecule is COc1ccc(C2c3c(oc4ccc(Cl)cc4c3=O)C(=O)N2CC(C)O)cc1OC. The minimum atomic E-state index is -0.801. The number of amides is 1. The van der Waals surface area contributed by atoms with Crippen LogP contribution in [0.1, 0.15) is 34.6 Å². The largest absolute Gasteiger partial charge is 0.493 e. The number of carbonyl (C=O) groups is 1. The average Bonchev–Trinajstić information content (AvgIpc) is 2.99. The maximum atomic E-state index is 13.4. The highest BCUT2D eigenvalue weighted by Gasteiger charge is 2.43. The molecule has 2 aromatic carbocycles. The second-order valence-electron chi connectivity index (χ2n) is 7.14. The predicted molar refractivity (Wildman–Crippen MR) is 112 cm³/mol. The van der Waals surface area contributed by atoms with Gasteiger partial charge >= 0.3 is 0 Å². The summed E-state index contributed by atoms with van der Waals surface area (Å²) in [5.74, 6) is 0.487. The third kappa shape index (κ3) is 3.20. The van der Waals surface area contributed by atoms with Crippen LogP contribution in [0.15, 0.2) is 45.6 Å². The van der Waals surface area contributed by atoms with E-state index in [0.29, 0.717) is 27.5 Å². The van der Waals surface area contributed by atoms with Crippen molar-refractivity contribution in [1.82, 2.24) is 4.90 Å². The van der Waals surface area contributed by atoms with Gasteiger partial charge in [0.05, 0.1) is 37.3 Å². The zero-order valence-corrected chi connectivity index (χ0v) is 17.4. The van der Waals surface area contributed by atoms with Crippen LogP contribution < -0.4 is 14.9 Å². The molecule has 3 aromatic rings. The molecule has 2 heterocycles. The number of carbonyl (C=O) groups excluding carboxylic acids is 1. The van der Waals surface area contributed by atoms with E-state index in [-0.39, 0.29) is 28.9 Å². The molecule has 2 unspecified atom stereocenters. The van der Waals surface area contributed by atoms with E-state index in [0.717, 1.165) is 0 Å². The Morgan fingerprint density at radius 1 is 1.13 bits per heavy atom. The van der Waals surface area contributed by atoms with Gasteiger partial charge in [-0.3, -0.25) is 9.59 Å². The summed E-state index contributed by atoms with van der Waals surface area (Å²) in [6.45, 7) is 1.60. The van der Waals surface area contributed by atoms with Crippen LogP contribution in [0.2, 0.25) is 5.02 Å². The van der Waals surface area contributed by atoms with Crippen molar-refractivity contribution in [3.05, 3.63) is 68.5 Å². The number of benzene rings is 2. The normalized spacial score (nSPS) is 16.6. The first-order valence-electron chi connectivity index (χ1n) is 9.33. The number of methoxy groups -OCH3 is 2. The Morgan fingerprint density at radius 3 is 2.53 bits per heavy atom. The first kappa shape index (κ1) is 20.3. The Morgan fingerprint density at radius 2 is 1.87 bits per heavy atom. The minimum Gasteiger partial charge on any atom is -0.493 e. The number of aliphatic hydroxyl groups excluding tert-OH is 1. The van der Waals surface area contributed by atoms with Crippen LogP contribution in [0, 0.1) is 0 Å². The Kier molecular flexibility index (Phi) is 5.17. The van der Waals surface area contributed by atoms with Gasteiger partial charge in [0, 0.05) is 11.6 Å². The van der Waals surface area contributed by atoms with Crippen LogP contribution in [-0.2, 0) is 0 Å². The van der Waals surface area contributed by atoms with Crippen molar-refractivity contribution in [3.8, 4) is 11.5 Å². The predicted octanol–water partition coefficient (Wildman–Crippen LogP) is 3.39. The summed E-state index contributed by atoms with van der Waals surface area (Å²) in [7, 11) is 3.03. The fourth-order valence-electron chi connectivity index (χ4n) is 3.83. The van der Waals surface area contributed by atoms with Gasteiger partial charge in [-0.1, -0.05) is 17.7 Å². The van der Waals surface area contributed by atoms with Gasteiger partial charge in [0.1, 0.15) is 5.58 Å². The summed E-state index contributed by atoms with van der Waals surface area (Å²) >= 11 is 6.07. The van der Waals surface area contributed by atoms with Gasteiger partial charge in [-0.25, -0.2) is 0 Å². The summed E-state index contributed by atoms with van der Waals surface area (Å²) in [4.78, 5) is 28.0. The molecule has 1 amide bonds. The number of hydrogen-bond acceptors (Lipinski definition) is 6. The Hall–Kier alpha value is -3.03. The van der Waals surface area contributed by atoms with Crippen LogP contribution in [0.25, 0.3) is 11.0 Å². The fourth-order valence-corrected chi connectivity index (χ4v) is 4.01. The van der Waals surface area contributed by atoms with Crippen molar-refractivity contribution in [3.63, 3.8) is 0 Å². The Balaban J connectivity index is 1.99. The highest BCUT2D eigenvalue weighted by molar-refractivity contribution is 6.31. The molecule has 1 aliphatic rings. The van der Waals surface area contributed by atoms with Crippen LogP contribution >= 0.6 is 11.6 Å². The van der Waals surface area contributed by atoms with Crippen LogP contribution in [0.5, 0.6) is 11.5 Å². The molecule has 0 fully saturated rings. The molecule has 0 bridgehead atoms. The maximum Gasteiger partial charge on any atom is 0.290 e. The number of fused-ring (bicyclic) bond motifs is 2. The smallest absolute Gasteiger partial charge is 0.290 e. The molecule has 0 radical (unpaired) electrons. The van der Waals surface area contributed by atoms with E-state index in [1.807, 2.05) is 0 Å². The molecule has 4 rings (SSSR count). The number of β-amino-alcohol motifs (C(OH)–C–C–N with tert-alkyl or cyclic N) is 1. The van der Waals surface area contributed by atoms with E-state index < -0.39 is 18.1 Å². The highest BCUT2D eigenvalue weighted by atomic mass is 35.5. The van der Waals surface area contributed by atoms with E-state index in [4.69, 9.17) is 25.5 Å². The quantitative estimate of drug-likeness (QED) is 0.668. The van der Waals surface area contributed by atoms with Gasteiger partial charge in [0.2, 0.25) is 5.76 Å². The first-order chi connectivity index (χ1) is 14.3. The second kappa shape index (κ2) is 7.66. The monoisotopic (exact) mass is 429 g/mol. The van der Waals surface area contributed by atoms with Gasteiger partial charge in [0.25, 0.3) is 5.91 Å². The third-order valence-corrected chi connectivity index (χ3v) is 5.35. The molecule has 0 spiro atoms. The van der Waals surface area contributed by atoms with Crippen molar-refractivity contribution in [2.75, 3.05) is 20.8 Å². The fraction of sp³-hybridized carbons (Fsp3) is 0.273. The number of halogens is 1. The highest BCUT2D eigenvalue weighted by Crippen LogP contribution is 2.41. The molecular formula is C22H20ClNO6. The topological polar surface area (TPSA) is 89.2 Å². The molecule has 7 nitrogen and oxygen atoms in total. The molecule has 2 atom stereocenters. The van der Waals surface area contributed by atoms with Gasteiger partial charge < -0.3 is 23.9 Å². The first-order valence-corrected chi connectivity index (χ1v) is 9.70. The van der Waals surface area contributed by atoms with Gasteiger partial charge in [-0.15, -0.1) is 0 Å². The van der Waals surface area contributed by atoms with E-state index in [9.17, 15) is 14.7 Å². The van der Waals surface area contributed by atoms with Crippen molar-refractivity contribution in [2.24, 2.45) is 0 Å². The molecule has 0 saturated heterocycles. The van der Waals surface area contributed by atoms with Crippen molar-refractivity contribution < 1.29 is 23.8 Å². The molecule has 1 aromatic heterocycles. The lowest BCUT2D eigenvalue weighted by atomic mass is 9.98. The molecule has 0 saturated carbocycles. The number of aliphatic hydroxyl groups is 1. The van der Waals surface area contributed by atoms with Crippen molar-refractivity contribution in [2.45, 2.75) is 19.1 Å². The third-order valence-electron chi connectivity index (χ3n) is 5.11. The van der Waals surface area contributed by atoms with Gasteiger partial charge in [-0.2, -0.15) is 0 Å². The van der Waals surface area contributed by atoms with Gasteiger partial charge in [-0.05, 0) is 42.8 Å². The van der Waals surface area contributed by atoms with Crippen LogP contribution in [0.4, 0.5) is 0 Å². The number of hydrogen-bond donors (Lipinski definition) is 1. The molecule has 8 heteroatoms. The van der Waals surface area contributed by atoms with Crippen LogP contribution in [-0.4, -0.2) is 42.8 Å². The maximum absolute atomic E-state index is 13.4. The van der Waals surface area contributed by atoms with Crippen LogP contribution in [0.3, 0.4) is 0 Å². The van der Waals surface area contributed by atoms with Crippen molar-refractivity contribution >= 4 is 28.5 Å². The van der Waals surface area contributed by atoms with Gasteiger partial charge in [0.15, 0.2) is 16.9 Å². The van der Waals surface area contributed by atoms with E-state index >= 15 is 0 Å². The van der Waals surface area contributed by atoms with E-state index in [1.54, 1.807) is 37.3 Å². The second-order valence-corrected chi connectivity index (χ2v) is 7.57. The number of nitrogens with zero attached hydrogens (tertiary/aromatic N) is 1. The lowest BCUT2D eigenvalue weighted by molar-refractivity contribution is 0.0611. The Bertz CT molecular complexity index is 1200. The number of rotatable bonds is 5. The zero-order valence-electron chi connectivity index (χ0n) is 16.6. The summed E-state index contributed by atoms with van der Waals surface area (Å²) in [5.41, 5.74) is 0.785. The Labute approximate surface area is 177 Å². The van der Waals surface area contributed by atoms with Crippen molar-refractivity contribution in [1.29, 1.82) is 0 Å². The molecule has 156 valence electrons. The molecule has 0 aliphatic carbocycles. The summed E-state index contributed by atoms with van der Waals surface area (Å²) in [6, 6.07) is 9.11. The minimum absolute atomic E-state index is 0.0264. The average molecular weight is 430 g/mol. The lowest BCUT2D eigenvalue weighted by Crippen LogP contribution is -2.35. The molecular weight excluding hydrogens is 410 g/mol. The summed E-state index contributed by atoms with van der Waals surface area (Å²) in [5, 5.41) is 10.7. The zero-order chi connectivity index (χ0) is 21.6. The molecule has 30 heavy (non-hydrogen) atoms. The lowest BCUT2D eigenvalue weighted by Gasteiger charge is -2.26. The summed E-state index contributed by atoms with van der Waals surface area (Å²) < 4.78 is 16.5. The van der Waals surface area contributed by atoms with E-state index in [2.05, 4.69) is 0 Å². The number of ether oxygens (including phenoxy) is 2. The molecule has 1 aliphatic heterocycles. The van der Waals surface area contributed by atoms with E-state index in [1.165, 1.54) is 25.2 Å². The summed E-state index contributed by atoms with van der Waals surface area (Å²) in [6.07, 6.45) is -0.801.